The van der Waals surface area contributed by atoms with E-state index in [1.165, 1.54) is 12.1 Å². The molecule has 0 saturated carbocycles. The summed E-state index contributed by atoms with van der Waals surface area (Å²) in [5.41, 5.74) is 1.81. The molecule has 2 heterocycles. The van der Waals surface area contributed by atoms with E-state index < -0.39 is 18.1 Å². The molecule has 0 spiro atoms. The number of nitrogens with zero attached hydrogens (tertiary/aromatic N) is 1. The Balaban J connectivity index is 1.88. The standard InChI is InChI=1S/C17H19F3N2O3/c1-16(2,3)25-15(23)22-7-6-14-12(9-22)11-8-10(24-17(18,19)20)4-5-13(11)21-14/h4-5,8,21H,6-7,9H2,1-3H3. The summed E-state index contributed by atoms with van der Waals surface area (Å²) >= 11 is 0. The number of halogens is 3. The molecule has 0 radical (unpaired) electrons. The first-order chi connectivity index (χ1) is 11.5. The lowest BCUT2D eigenvalue weighted by molar-refractivity contribution is -0.274. The van der Waals surface area contributed by atoms with E-state index in [1.54, 1.807) is 31.7 Å². The normalized spacial score (nSPS) is 15.2. The van der Waals surface area contributed by atoms with Crippen LogP contribution in [0, 0.1) is 0 Å². The summed E-state index contributed by atoms with van der Waals surface area (Å²) in [6, 6.07) is 4.16. The van der Waals surface area contributed by atoms with Crippen molar-refractivity contribution in [3.8, 4) is 5.75 Å². The molecular formula is C17H19F3N2O3. The molecule has 5 nitrogen and oxygen atoms in total. The van der Waals surface area contributed by atoms with Gasteiger partial charge >= 0.3 is 12.5 Å². The average Bonchev–Trinajstić information content (AvgIpc) is 2.81. The van der Waals surface area contributed by atoms with Gasteiger partial charge < -0.3 is 19.4 Å². The number of alkyl halides is 3. The summed E-state index contributed by atoms with van der Waals surface area (Å²) in [5, 5.41) is 0.616. The van der Waals surface area contributed by atoms with E-state index in [0.29, 0.717) is 23.9 Å². The number of hydrogen-bond acceptors (Lipinski definition) is 3. The van der Waals surface area contributed by atoms with Gasteiger partial charge in [-0.1, -0.05) is 0 Å². The number of amides is 1. The SMILES string of the molecule is CC(C)(C)OC(=O)N1CCc2[nH]c3ccc(OC(F)(F)F)cc3c2C1. The van der Waals surface area contributed by atoms with Crippen molar-refractivity contribution >= 4 is 17.0 Å². The Morgan fingerprint density at radius 2 is 1.96 bits per heavy atom. The van der Waals surface area contributed by atoms with Gasteiger partial charge in [-0.05, 0) is 39.0 Å². The van der Waals surface area contributed by atoms with Crippen LogP contribution in [0.15, 0.2) is 18.2 Å². The van der Waals surface area contributed by atoms with Gasteiger partial charge in [-0.2, -0.15) is 0 Å². The number of ether oxygens (including phenoxy) is 2. The molecule has 0 aliphatic carbocycles. The van der Waals surface area contributed by atoms with Crippen LogP contribution < -0.4 is 4.74 Å². The highest BCUT2D eigenvalue weighted by atomic mass is 19.4. The molecule has 136 valence electrons. The van der Waals surface area contributed by atoms with Gasteiger partial charge in [0.2, 0.25) is 0 Å². The molecule has 0 atom stereocenters. The Bertz CT molecular complexity index is 806. The third kappa shape index (κ3) is 4.00. The lowest BCUT2D eigenvalue weighted by Gasteiger charge is -2.30. The summed E-state index contributed by atoms with van der Waals surface area (Å²) < 4.78 is 46.7. The maximum Gasteiger partial charge on any atom is 0.573 e. The number of nitrogens with one attached hydrogen (secondary N) is 1. The van der Waals surface area contributed by atoms with Crippen molar-refractivity contribution in [1.82, 2.24) is 9.88 Å². The molecule has 1 aliphatic rings. The van der Waals surface area contributed by atoms with Crippen molar-refractivity contribution in [3.63, 3.8) is 0 Å². The van der Waals surface area contributed by atoms with Crippen LogP contribution in [0.25, 0.3) is 10.9 Å². The number of benzene rings is 1. The fourth-order valence-electron chi connectivity index (χ4n) is 2.87. The van der Waals surface area contributed by atoms with Gasteiger partial charge in [0, 0.05) is 35.1 Å². The van der Waals surface area contributed by atoms with Crippen LogP contribution >= 0.6 is 0 Å². The maximum absolute atomic E-state index is 12.4. The van der Waals surface area contributed by atoms with Crippen LogP contribution in [0.2, 0.25) is 0 Å². The highest BCUT2D eigenvalue weighted by molar-refractivity contribution is 5.86. The van der Waals surface area contributed by atoms with Gasteiger partial charge in [-0.15, -0.1) is 13.2 Å². The zero-order valence-corrected chi connectivity index (χ0v) is 14.2. The van der Waals surface area contributed by atoms with Crippen LogP contribution in [-0.2, 0) is 17.7 Å². The minimum Gasteiger partial charge on any atom is -0.444 e. The lowest BCUT2D eigenvalue weighted by atomic mass is 10.0. The summed E-state index contributed by atoms with van der Waals surface area (Å²) in [6.07, 6.45) is -4.60. The Morgan fingerprint density at radius 3 is 2.60 bits per heavy atom. The molecule has 0 bridgehead atoms. The first kappa shape index (κ1) is 17.4. The van der Waals surface area contributed by atoms with Crippen LogP contribution in [0.1, 0.15) is 32.0 Å². The quantitative estimate of drug-likeness (QED) is 0.826. The lowest BCUT2D eigenvalue weighted by Crippen LogP contribution is -2.39. The van der Waals surface area contributed by atoms with E-state index in [2.05, 4.69) is 9.72 Å². The number of H-pyrrole nitrogens is 1. The zero-order chi connectivity index (χ0) is 18.4. The van der Waals surface area contributed by atoms with Gasteiger partial charge in [0.1, 0.15) is 11.4 Å². The maximum atomic E-state index is 12.4. The highest BCUT2D eigenvalue weighted by Gasteiger charge is 2.32. The van der Waals surface area contributed by atoms with E-state index in [1.807, 2.05) is 0 Å². The molecule has 1 aromatic carbocycles. The van der Waals surface area contributed by atoms with Gasteiger partial charge in [-0.3, -0.25) is 0 Å². The second kappa shape index (κ2) is 5.86. The second-order valence-corrected chi connectivity index (χ2v) is 6.99. The molecule has 1 aliphatic heterocycles. The van der Waals surface area contributed by atoms with Gasteiger partial charge in [0.05, 0.1) is 6.54 Å². The monoisotopic (exact) mass is 356 g/mol. The predicted molar refractivity (Wildman–Crippen MR) is 85.3 cm³/mol. The van der Waals surface area contributed by atoms with Crippen molar-refractivity contribution in [2.75, 3.05) is 6.54 Å². The van der Waals surface area contributed by atoms with Crippen molar-refractivity contribution in [2.24, 2.45) is 0 Å². The number of fused-ring (bicyclic) bond motifs is 3. The smallest absolute Gasteiger partial charge is 0.444 e. The summed E-state index contributed by atoms with van der Waals surface area (Å²) in [4.78, 5) is 17.0. The van der Waals surface area contributed by atoms with Crippen molar-refractivity contribution < 1.29 is 27.4 Å². The number of rotatable bonds is 1. The van der Waals surface area contributed by atoms with E-state index >= 15 is 0 Å². The molecule has 0 unspecified atom stereocenters. The molecule has 0 saturated heterocycles. The Hall–Kier alpha value is -2.38. The molecule has 0 fully saturated rings. The molecule has 1 N–H and O–H groups in total. The third-order valence-electron chi connectivity index (χ3n) is 3.83. The molecule has 2 aromatic rings. The Morgan fingerprint density at radius 1 is 1.24 bits per heavy atom. The molecule has 25 heavy (non-hydrogen) atoms. The van der Waals surface area contributed by atoms with E-state index in [-0.39, 0.29) is 12.3 Å². The second-order valence-electron chi connectivity index (χ2n) is 6.99. The summed E-state index contributed by atoms with van der Waals surface area (Å²) in [6.45, 7) is 6.12. The molecule has 8 heteroatoms. The number of aromatic nitrogens is 1. The van der Waals surface area contributed by atoms with Gasteiger partial charge in [0.15, 0.2) is 0 Å². The van der Waals surface area contributed by atoms with Gasteiger partial charge in [-0.25, -0.2) is 4.79 Å². The average molecular weight is 356 g/mol. The number of carbonyl (C=O) groups is 1. The molecule has 3 rings (SSSR count). The van der Waals surface area contributed by atoms with Gasteiger partial charge in [0.25, 0.3) is 0 Å². The summed E-state index contributed by atoms with van der Waals surface area (Å²) in [5.74, 6) is -0.281. The van der Waals surface area contributed by atoms with Crippen LogP contribution in [-0.4, -0.2) is 34.5 Å². The minimum atomic E-state index is -4.74. The number of aromatic amines is 1. The molecule has 1 amide bonds. The highest BCUT2D eigenvalue weighted by Crippen LogP contribution is 2.32. The van der Waals surface area contributed by atoms with Crippen molar-refractivity contribution in [3.05, 3.63) is 29.5 Å². The first-order valence-electron chi connectivity index (χ1n) is 7.89. The largest absolute Gasteiger partial charge is 0.573 e. The van der Waals surface area contributed by atoms with E-state index in [0.717, 1.165) is 11.3 Å². The zero-order valence-electron chi connectivity index (χ0n) is 14.2. The van der Waals surface area contributed by atoms with Crippen LogP contribution in [0.4, 0.5) is 18.0 Å². The topological polar surface area (TPSA) is 54.6 Å². The minimum absolute atomic E-state index is 0.277. The van der Waals surface area contributed by atoms with Crippen molar-refractivity contribution in [1.29, 1.82) is 0 Å². The van der Waals surface area contributed by atoms with E-state index in [4.69, 9.17) is 4.74 Å². The molecule has 1 aromatic heterocycles. The predicted octanol–water partition coefficient (Wildman–Crippen LogP) is 4.36. The molecular weight excluding hydrogens is 337 g/mol. The fraction of sp³-hybridized carbons (Fsp3) is 0.471. The number of hydrogen-bond donors (Lipinski definition) is 1. The number of carbonyl (C=O) groups excluding carboxylic acids is 1. The van der Waals surface area contributed by atoms with Crippen LogP contribution in [0.3, 0.4) is 0 Å². The van der Waals surface area contributed by atoms with E-state index in [9.17, 15) is 18.0 Å². The van der Waals surface area contributed by atoms with Crippen LogP contribution in [0.5, 0.6) is 5.75 Å². The Kier molecular flexibility index (Phi) is 4.09. The third-order valence-corrected chi connectivity index (χ3v) is 3.83. The Labute approximate surface area is 142 Å². The first-order valence-corrected chi connectivity index (χ1v) is 7.89. The summed E-state index contributed by atoms with van der Waals surface area (Å²) in [7, 11) is 0. The fourth-order valence-corrected chi connectivity index (χ4v) is 2.87. The van der Waals surface area contributed by atoms with Crippen molar-refractivity contribution in [2.45, 2.75) is 45.7 Å².